The van der Waals surface area contributed by atoms with E-state index in [0.29, 0.717) is 19.0 Å². The fourth-order valence-corrected chi connectivity index (χ4v) is 2.96. The monoisotopic (exact) mass is 314 g/mol. The highest BCUT2D eigenvalue weighted by atomic mass is 16.5. The zero-order chi connectivity index (χ0) is 16.1. The van der Waals surface area contributed by atoms with Crippen LogP contribution in [0.25, 0.3) is 0 Å². The van der Waals surface area contributed by atoms with Crippen molar-refractivity contribution < 1.29 is 4.74 Å². The number of aryl methyl sites for hydroxylation is 2. The van der Waals surface area contributed by atoms with Crippen molar-refractivity contribution in [3.05, 3.63) is 69.0 Å². The summed E-state index contributed by atoms with van der Waals surface area (Å²) in [5.74, 6) is 0.418. The Morgan fingerprint density at radius 1 is 0.957 bits per heavy atom. The van der Waals surface area contributed by atoms with E-state index < -0.39 is 11.1 Å². The van der Waals surface area contributed by atoms with Crippen LogP contribution in [0.4, 0.5) is 0 Å². The van der Waals surface area contributed by atoms with E-state index in [2.05, 4.69) is 0 Å². The molecule has 1 fully saturated rings. The first-order chi connectivity index (χ1) is 11.2. The lowest BCUT2D eigenvalue weighted by Crippen LogP contribution is -2.42. The van der Waals surface area contributed by atoms with Crippen LogP contribution in [-0.4, -0.2) is 22.3 Å². The predicted molar refractivity (Wildman–Crippen MR) is 88.7 cm³/mol. The quantitative estimate of drug-likeness (QED) is 0.789. The molecular formula is C18H22N2O3. The summed E-state index contributed by atoms with van der Waals surface area (Å²) in [7, 11) is 0. The van der Waals surface area contributed by atoms with E-state index in [1.54, 1.807) is 17.0 Å². The van der Waals surface area contributed by atoms with Gasteiger partial charge >= 0.3 is 11.1 Å². The molecule has 1 aromatic heterocycles. The third-order valence-electron chi connectivity index (χ3n) is 4.41. The van der Waals surface area contributed by atoms with E-state index in [1.807, 2.05) is 30.3 Å². The molecule has 1 aliphatic rings. The molecule has 0 amide bonds. The Balaban J connectivity index is 1.70. The molecule has 122 valence electrons. The van der Waals surface area contributed by atoms with Gasteiger partial charge in [0.15, 0.2) is 0 Å². The highest BCUT2D eigenvalue weighted by molar-refractivity contribution is 5.14. The van der Waals surface area contributed by atoms with Crippen molar-refractivity contribution in [2.45, 2.75) is 32.4 Å². The average Bonchev–Trinajstić information content (AvgIpc) is 2.60. The summed E-state index contributed by atoms with van der Waals surface area (Å²) in [6.07, 6.45) is 6.10. The lowest BCUT2D eigenvalue weighted by atomic mass is 10.0. The Kier molecular flexibility index (Phi) is 5.08. The van der Waals surface area contributed by atoms with Gasteiger partial charge in [0.1, 0.15) is 0 Å². The largest absolute Gasteiger partial charge is 0.381 e. The summed E-state index contributed by atoms with van der Waals surface area (Å²) in [5, 5.41) is 0. The third kappa shape index (κ3) is 3.99. The fraction of sp³-hybridized carbons (Fsp3) is 0.444. The highest BCUT2D eigenvalue weighted by Crippen LogP contribution is 2.15. The van der Waals surface area contributed by atoms with Gasteiger partial charge in [-0.1, -0.05) is 30.3 Å². The maximum absolute atomic E-state index is 12.3. The first-order valence-electron chi connectivity index (χ1n) is 8.15. The first kappa shape index (κ1) is 15.7. The Hall–Kier alpha value is -2.14. The summed E-state index contributed by atoms with van der Waals surface area (Å²) < 4.78 is 8.39. The lowest BCUT2D eigenvalue weighted by Gasteiger charge is -2.22. The molecule has 5 heteroatoms. The van der Waals surface area contributed by atoms with Crippen LogP contribution in [0.5, 0.6) is 0 Å². The molecule has 0 saturated carbocycles. The first-order valence-corrected chi connectivity index (χ1v) is 8.15. The van der Waals surface area contributed by atoms with Gasteiger partial charge in [0, 0.05) is 38.7 Å². The van der Waals surface area contributed by atoms with Crippen LogP contribution in [0.15, 0.2) is 52.3 Å². The molecule has 2 aromatic rings. The minimum Gasteiger partial charge on any atom is -0.381 e. The second-order valence-corrected chi connectivity index (χ2v) is 6.05. The van der Waals surface area contributed by atoms with Crippen LogP contribution in [0, 0.1) is 5.92 Å². The van der Waals surface area contributed by atoms with Crippen molar-refractivity contribution in [3.8, 4) is 0 Å². The SMILES string of the molecule is O=c1c(=O)n(CC2CCOCC2)ccn1CCc1ccccc1. The summed E-state index contributed by atoms with van der Waals surface area (Å²) in [5.41, 5.74) is 0.299. The van der Waals surface area contributed by atoms with E-state index in [9.17, 15) is 9.59 Å². The zero-order valence-corrected chi connectivity index (χ0v) is 13.2. The van der Waals surface area contributed by atoms with E-state index in [1.165, 1.54) is 4.57 Å². The Morgan fingerprint density at radius 2 is 1.61 bits per heavy atom. The standard InChI is InChI=1S/C18H22N2O3/c21-17-18(22)20(14-16-7-12-23-13-8-16)11-10-19(17)9-6-15-4-2-1-3-5-15/h1-5,10-11,16H,6-9,12-14H2. The molecule has 1 aromatic carbocycles. The molecule has 0 bridgehead atoms. The molecule has 1 saturated heterocycles. The molecular weight excluding hydrogens is 292 g/mol. The molecule has 2 heterocycles. The number of rotatable bonds is 5. The molecule has 1 aliphatic heterocycles. The smallest absolute Gasteiger partial charge is 0.316 e. The van der Waals surface area contributed by atoms with Gasteiger partial charge in [-0.05, 0) is 30.7 Å². The highest BCUT2D eigenvalue weighted by Gasteiger charge is 2.15. The van der Waals surface area contributed by atoms with Crippen molar-refractivity contribution in [1.29, 1.82) is 0 Å². The molecule has 5 nitrogen and oxygen atoms in total. The van der Waals surface area contributed by atoms with Gasteiger partial charge in [-0.15, -0.1) is 0 Å². The van der Waals surface area contributed by atoms with Gasteiger partial charge in [0.2, 0.25) is 0 Å². The molecule has 0 atom stereocenters. The second-order valence-electron chi connectivity index (χ2n) is 6.05. The fourth-order valence-electron chi connectivity index (χ4n) is 2.96. The van der Waals surface area contributed by atoms with Crippen LogP contribution in [0.1, 0.15) is 18.4 Å². The maximum Gasteiger partial charge on any atom is 0.316 e. The predicted octanol–water partition coefficient (Wildman–Crippen LogP) is 1.68. The Bertz CT molecular complexity index is 743. The van der Waals surface area contributed by atoms with E-state index >= 15 is 0 Å². The number of ether oxygens (including phenoxy) is 1. The molecule has 3 rings (SSSR count). The van der Waals surface area contributed by atoms with Crippen LogP contribution in [-0.2, 0) is 24.2 Å². The van der Waals surface area contributed by atoms with Gasteiger partial charge in [0.05, 0.1) is 0 Å². The maximum atomic E-state index is 12.3. The van der Waals surface area contributed by atoms with E-state index in [4.69, 9.17) is 4.74 Å². The van der Waals surface area contributed by atoms with Crippen LogP contribution in [0.3, 0.4) is 0 Å². The van der Waals surface area contributed by atoms with Crippen molar-refractivity contribution in [1.82, 2.24) is 9.13 Å². The van der Waals surface area contributed by atoms with E-state index in [0.717, 1.165) is 38.0 Å². The van der Waals surface area contributed by atoms with Crippen molar-refractivity contribution in [2.75, 3.05) is 13.2 Å². The molecule has 0 aliphatic carbocycles. The van der Waals surface area contributed by atoms with Gasteiger partial charge in [-0.25, -0.2) is 0 Å². The van der Waals surface area contributed by atoms with Gasteiger partial charge < -0.3 is 13.9 Å². The summed E-state index contributed by atoms with van der Waals surface area (Å²) in [4.78, 5) is 24.5. The third-order valence-corrected chi connectivity index (χ3v) is 4.41. The van der Waals surface area contributed by atoms with Crippen molar-refractivity contribution in [3.63, 3.8) is 0 Å². The van der Waals surface area contributed by atoms with Crippen LogP contribution in [0.2, 0.25) is 0 Å². The number of nitrogens with zero attached hydrogens (tertiary/aromatic N) is 2. The van der Waals surface area contributed by atoms with Crippen LogP contribution >= 0.6 is 0 Å². The Labute approximate surface area is 135 Å². The topological polar surface area (TPSA) is 53.2 Å². The van der Waals surface area contributed by atoms with Gasteiger partial charge in [-0.3, -0.25) is 9.59 Å². The zero-order valence-electron chi connectivity index (χ0n) is 13.2. The van der Waals surface area contributed by atoms with Crippen molar-refractivity contribution >= 4 is 0 Å². The molecule has 0 N–H and O–H groups in total. The molecule has 0 radical (unpaired) electrons. The average molecular weight is 314 g/mol. The molecule has 0 spiro atoms. The van der Waals surface area contributed by atoms with Gasteiger partial charge in [-0.2, -0.15) is 0 Å². The molecule has 23 heavy (non-hydrogen) atoms. The lowest BCUT2D eigenvalue weighted by molar-refractivity contribution is 0.0608. The summed E-state index contributed by atoms with van der Waals surface area (Å²) in [6.45, 7) is 2.62. The summed E-state index contributed by atoms with van der Waals surface area (Å²) in [6, 6.07) is 9.97. The number of aromatic nitrogens is 2. The van der Waals surface area contributed by atoms with E-state index in [-0.39, 0.29) is 0 Å². The normalized spacial score (nSPS) is 15.7. The number of hydrogen-bond donors (Lipinski definition) is 0. The van der Waals surface area contributed by atoms with Crippen LogP contribution < -0.4 is 11.1 Å². The number of benzene rings is 1. The summed E-state index contributed by atoms with van der Waals surface area (Å²) >= 11 is 0. The van der Waals surface area contributed by atoms with Crippen molar-refractivity contribution in [2.24, 2.45) is 5.92 Å². The Morgan fingerprint density at radius 3 is 2.35 bits per heavy atom. The van der Waals surface area contributed by atoms with Gasteiger partial charge in [0.25, 0.3) is 0 Å². The minimum atomic E-state index is -0.435. The molecule has 0 unspecified atom stereocenters. The number of hydrogen-bond acceptors (Lipinski definition) is 3. The minimum absolute atomic E-state index is 0.418. The second kappa shape index (κ2) is 7.42.